The van der Waals surface area contributed by atoms with Gasteiger partial charge in [-0.3, -0.25) is 5.32 Å². The van der Waals surface area contributed by atoms with Gasteiger partial charge in [-0.25, -0.2) is 0 Å². The Kier molecular flexibility index (Phi) is 3.67. The number of ether oxygens (including phenoxy) is 1. The second kappa shape index (κ2) is 4.86. The second-order valence-electron chi connectivity index (χ2n) is 4.83. The molecule has 0 amide bonds. The van der Waals surface area contributed by atoms with E-state index in [0.717, 1.165) is 24.0 Å². The third kappa shape index (κ3) is 3.06. The molecule has 1 aromatic rings. The summed E-state index contributed by atoms with van der Waals surface area (Å²) in [6.45, 7) is 6.21. The highest BCUT2D eigenvalue weighted by atomic mass is 79.9. The molecule has 88 valence electrons. The predicted octanol–water partition coefficient (Wildman–Crippen LogP) is 2.96. The molecule has 1 aliphatic rings. The smallest absolute Gasteiger partial charge is 0.120 e. The first-order chi connectivity index (χ1) is 7.57. The van der Waals surface area contributed by atoms with E-state index in [1.807, 2.05) is 0 Å². The Bertz CT molecular complexity index is 341. The Labute approximate surface area is 106 Å². The summed E-state index contributed by atoms with van der Waals surface area (Å²) in [5.74, 6) is 0.609. The topological polar surface area (TPSA) is 21.3 Å². The highest BCUT2D eigenvalue weighted by molar-refractivity contribution is 9.10. The van der Waals surface area contributed by atoms with Gasteiger partial charge in [-0.05, 0) is 30.5 Å². The molecule has 0 spiro atoms. The van der Waals surface area contributed by atoms with Crippen LogP contribution in [0.5, 0.6) is 0 Å². The van der Waals surface area contributed by atoms with Crippen molar-refractivity contribution in [2.24, 2.45) is 5.92 Å². The van der Waals surface area contributed by atoms with Crippen molar-refractivity contribution >= 4 is 15.9 Å². The van der Waals surface area contributed by atoms with Crippen molar-refractivity contribution in [2.75, 3.05) is 13.2 Å². The quantitative estimate of drug-likeness (QED) is 0.901. The Morgan fingerprint density at radius 1 is 1.44 bits per heavy atom. The van der Waals surface area contributed by atoms with Gasteiger partial charge in [0.15, 0.2) is 0 Å². The monoisotopic (exact) mass is 283 g/mol. The summed E-state index contributed by atoms with van der Waals surface area (Å²) in [4.78, 5) is 0. The molecule has 2 atom stereocenters. The van der Waals surface area contributed by atoms with Crippen LogP contribution in [0.2, 0.25) is 0 Å². The van der Waals surface area contributed by atoms with E-state index in [2.05, 4.69) is 59.4 Å². The highest BCUT2D eigenvalue weighted by Gasteiger charge is 2.29. The van der Waals surface area contributed by atoms with Crippen molar-refractivity contribution in [3.8, 4) is 0 Å². The van der Waals surface area contributed by atoms with Crippen LogP contribution in [0.25, 0.3) is 0 Å². The highest BCUT2D eigenvalue weighted by Crippen LogP contribution is 2.21. The van der Waals surface area contributed by atoms with Gasteiger partial charge in [0.1, 0.15) is 5.72 Å². The van der Waals surface area contributed by atoms with Gasteiger partial charge >= 0.3 is 0 Å². The SMILES string of the molecule is CC1CNC(C)(Cc2ccc(Br)cc2)OC1. The van der Waals surface area contributed by atoms with Crippen LogP contribution in [0.4, 0.5) is 0 Å². The van der Waals surface area contributed by atoms with Crippen LogP contribution in [0.15, 0.2) is 28.7 Å². The van der Waals surface area contributed by atoms with Crippen LogP contribution in [-0.2, 0) is 11.2 Å². The summed E-state index contributed by atoms with van der Waals surface area (Å²) in [7, 11) is 0. The third-order valence-electron chi connectivity index (χ3n) is 2.97. The van der Waals surface area contributed by atoms with E-state index in [9.17, 15) is 0 Å². The lowest BCUT2D eigenvalue weighted by atomic mass is 10.0. The van der Waals surface area contributed by atoms with Crippen LogP contribution < -0.4 is 5.32 Å². The molecule has 1 N–H and O–H groups in total. The summed E-state index contributed by atoms with van der Waals surface area (Å²) >= 11 is 3.45. The number of halogens is 1. The van der Waals surface area contributed by atoms with Crippen LogP contribution >= 0.6 is 15.9 Å². The third-order valence-corrected chi connectivity index (χ3v) is 3.49. The number of nitrogens with one attached hydrogen (secondary N) is 1. The number of hydrogen-bond acceptors (Lipinski definition) is 2. The molecule has 3 heteroatoms. The molecule has 0 radical (unpaired) electrons. The van der Waals surface area contributed by atoms with Crippen molar-refractivity contribution in [3.05, 3.63) is 34.3 Å². The van der Waals surface area contributed by atoms with E-state index in [-0.39, 0.29) is 5.72 Å². The van der Waals surface area contributed by atoms with Gasteiger partial charge in [0.2, 0.25) is 0 Å². The van der Waals surface area contributed by atoms with Gasteiger partial charge < -0.3 is 4.74 Å². The van der Waals surface area contributed by atoms with E-state index >= 15 is 0 Å². The first kappa shape index (κ1) is 12.1. The van der Waals surface area contributed by atoms with E-state index in [1.165, 1.54) is 5.56 Å². The first-order valence-electron chi connectivity index (χ1n) is 5.71. The zero-order chi connectivity index (χ0) is 11.6. The molecule has 1 fully saturated rings. The molecule has 1 aromatic carbocycles. The minimum atomic E-state index is -0.208. The van der Waals surface area contributed by atoms with Crippen LogP contribution in [0, 0.1) is 5.92 Å². The second-order valence-corrected chi connectivity index (χ2v) is 5.75. The summed E-state index contributed by atoms with van der Waals surface area (Å²) in [6.07, 6.45) is 0.910. The van der Waals surface area contributed by atoms with Crippen molar-refractivity contribution in [3.63, 3.8) is 0 Å². The Hall–Kier alpha value is -0.380. The lowest BCUT2D eigenvalue weighted by Gasteiger charge is -2.38. The van der Waals surface area contributed by atoms with Crippen LogP contribution in [-0.4, -0.2) is 18.9 Å². The molecule has 1 saturated heterocycles. The molecule has 1 heterocycles. The summed E-state index contributed by atoms with van der Waals surface area (Å²) < 4.78 is 7.01. The standard InChI is InChI=1S/C13H18BrNO/c1-10-8-15-13(2,16-9-10)7-11-3-5-12(14)6-4-11/h3-6,10,15H,7-9H2,1-2H3. The summed E-state index contributed by atoms with van der Waals surface area (Å²) in [6, 6.07) is 8.42. The fourth-order valence-corrected chi connectivity index (χ4v) is 2.20. The molecule has 0 aromatic heterocycles. The molecular weight excluding hydrogens is 266 g/mol. The van der Waals surface area contributed by atoms with Crippen LogP contribution in [0.3, 0.4) is 0 Å². The van der Waals surface area contributed by atoms with Gasteiger partial charge in [0.05, 0.1) is 6.61 Å². The molecule has 2 unspecified atom stereocenters. The normalized spacial score (nSPS) is 30.3. The number of benzene rings is 1. The van der Waals surface area contributed by atoms with Crippen molar-refractivity contribution in [1.29, 1.82) is 0 Å². The van der Waals surface area contributed by atoms with Gasteiger partial charge in [-0.1, -0.05) is 35.0 Å². The van der Waals surface area contributed by atoms with Gasteiger partial charge in [-0.15, -0.1) is 0 Å². The Morgan fingerprint density at radius 3 is 2.69 bits per heavy atom. The average Bonchev–Trinajstić information content (AvgIpc) is 2.27. The van der Waals surface area contributed by atoms with E-state index in [0.29, 0.717) is 5.92 Å². The van der Waals surface area contributed by atoms with Crippen molar-refractivity contribution < 1.29 is 4.74 Å². The summed E-state index contributed by atoms with van der Waals surface area (Å²) in [5, 5.41) is 3.47. The van der Waals surface area contributed by atoms with Gasteiger partial charge in [0, 0.05) is 17.4 Å². The van der Waals surface area contributed by atoms with Crippen molar-refractivity contribution in [2.45, 2.75) is 26.0 Å². The largest absolute Gasteiger partial charge is 0.360 e. The average molecular weight is 284 g/mol. The maximum Gasteiger partial charge on any atom is 0.120 e. The van der Waals surface area contributed by atoms with E-state index < -0.39 is 0 Å². The van der Waals surface area contributed by atoms with Gasteiger partial charge in [-0.2, -0.15) is 0 Å². The molecule has 16 heavy (non-hydrogen) atoms. The number of hydrogen-bond donors (Lipinski definition) is 1. The molecular formula is C13H18BrNO. The molecule has 1 aliphatic heterocycles. The van der Waals surface area contributed by atoms with E-state index in [1.54, 1.807) is 0 Å². The predicted molar refractivity (Wildman–Crippen MR) is 69.4 cm³/mol. The maximum absolute atomic E-state index is 5.89. The number of rotatable bonds is 2. The van der Waals surface area contributed by atoms with Crippen LogP contribution in [0.1, 0.15) is 19.4 Å². The molecule has 0 saturated carbocycles. The minimum absolute atomic E-state index is 0.208. The zero-order valence-electron chi connectivity index (χ0n) is 9.79. The van der Waals surface area contributed by atoms with Crippen molar-refractivity contribution in [1.82, 2.24) is 5.32 Å². The molecule has 0 aliphatic carbocycles. The zero-order valence-corrected chi connectivity index (χ0v) is 11.4. The molecule has 0 bridgehead atoms. The van der Waals surface area contributed by atoms with Gasteiger partial charge in [0.25, 0.3) is 0 Å². The Morgan fingerprint density at radius 2 is 2.12 bits per heavy atom. The summed E-state index contributed by atoms with van der Waals surface area (Å²) in [5.41, 5.74) is 1.09. The lowest BCUT2D eigenvalue weighted by Crippen LogP contribution is -2.53. The maximum atomic E-state index is 5.89. The Balaban J connectivity index is 2.00. The van der Waals surface area contributed by atoms with E-state index in [4.69, 9.17) is 4.74 Å². The molecule has 2 nitrogen and oxygen atoms in total. The minimum Gasteiger partial charge on any atom is -0.360 e. The lowest BCUT2D eigenvalue weighted by molar-refractivity contribution is -0.0997. The fourth-order valence-electron chi connectivity index (χ4n) is 1.93. The molecule has 2 rings (SSSR count). The fraction of sp³-hybridized carbons (Fsp3) is 0.538. The first-order valence-corrected chi connectivity index (χ1v) is 6.50.